The number of benzene rings is 1. The first kappa shape index (κ1) is 12.0. The van der Waals surface area contributed by atoms with Crippen LogP contribution >= 0.6 is 0 Å². The molecule has 0 saturated carbocycles. The van der Waals surface area contributed by atoms with Crippen LogP contribution in [0.5, 0.6) is 0 Å². The summed E-state index contributed by atoms with van der Waals surface area (Å²) in [5.41, 5.74) is 1.93. The second kappa shape index (κ2) is 4.62. The van der Waals surface area contributed by atoms with Crippen molar-refractivity contribution in [2.75, 3.05) is 7.11 Å². The Kier molecular flexibility index (Phi) is 3.69. The van der Waals surface area contributed by atoms with E-state index in [0.717, 1.165) is 6.04 Å². The first-order chi connectivity index (χ1) is 6.92. The maximum Gasteiger partial charge on any atom is 0.337 e. The minimum Gasteiger partial charge on any atom is -0.465 e. The quantitative estimate of drug-likeness (QED) is 0.580. The highest BCUT2D eigenvalue weighted by Gasteiger charge is 2.14. The molecule has 0 aliphatic carbocycles. The van der Waals surface area contributed by atoms with Crippen LogP contribution in [-0.4, -0.2) is 21.2 Å². The van der Waals surface area contributed by atoms with E-state index in [0.29, 0.717) is 5.56 Å². The van der Waals surface area contributed by atoms with Gasteiger partial charge >= 0.3 is 5.97 Å². The van der Waals surface area contributed by atoms with Crippen molar-refractivity contribution in [3.05, 3.63) is 35.4 Å². The number of esters is 1. The number of rotatable bonds is 3. The van der Waals surface area contributed by atoms with E-state index in [1.54, 1.807) is 0 Å². The van der Waals surface area contributed by atoms with E-state index < -0.39 is 8.07 Å². The van der Waals surface area contributed by atoms with Crippen molar-refractivity contribution in [1.29, 1.82) is 0 Å². The van der Waals surface area contributed by atoms with Gasteiger partial charge in [-0.05, 0) is 18.2 Å². The summed E-state index contributed by atoms with van der Waals surface area (Å²) in [4.78, 5) is 11.2. The zero-order chi connectivity index (χ0) is 11.5. The van der Waals surface area contributed by atoms with E-state index in [4.69, 9.17) is 0 Å². The zero-order valence-electron chi connectivity index (χ0n) is 9.83. The maximum absolute atomic E-state index is 11.2. The van der Waals surface area contributed by atoms with Crippen LogP contribution in [0.25, 0.3) is 0 Å². The minimum atomic E-state index is -1.07. The lowest BCUT2D eigenvalue weighted by Crippen LogP contribution is -2.23. The highest BCUT2D eigenvalue weighted by Crippen LogP contribution is 2.12. The third kappa shape index (κ3) is 3.87. The molecule has 0 aliphatic rings. The van der Waals surface area contributed by atoms with Crippen LogP contribution < -0.4 is 0 Å². The van der Waals surface area contributed by atoms with E-state index in [2.05, 4.69) is 24.4 Å². The number of carbonyl (C=O) groups excluding carboxylic acids is 1. The summed E-state index contributed by atoms with van der Waals surface area (Å²) in [7, 11) is 0.334. The zero-order valence-corrected chi connectivity index (χ0v) is 10.8. The summed E-state index contributed by atoms with van der Waals surface area (Å²) in [6, 6.07) is 8.85. The number of carbonyl (C=O) groups is 1. The molecule has 0 unspecified atom stereocenters. The molecule has 0 saturated heterocycles. The maximum atomic E-state index is 11.2. The molecule has 0 fully saturated rings. The van der Waals surface area contributed by atoms with Crippen molar-refractivity contribution in [2.24, 2.45) is 0 Å². The third-order valence-electron chi connectivity index (χ3n) is 2.11. The predicted molar refractivity (Wildman–Crippen MR) is 64.8 cm³/mol. The third-order valence-corrected chi connectivity index (χ3v) is 3.58. The Morgan fingerprint density at radius 2 is 1.73 bits per heavy atom. The molecule has 0 N–H and O–H groups in total. The van der Waals surface area contributed by atoms with Gasteiger partial charge in [0.05, 0.1) is 12.7 Å². The van der Waals surface area contributed by atoms with Crippen LogP contribution in [0.2, 0.25) is 19.6 Å². The molecule has 1 rings (SSSR count). The van der Waals surface area contributed by atoms with Gasteiger partial charge in [-0.3, -0.25) is 0 Å². The van der Waals surface area contributed by atoms with Gasteiger partial charge in [0.15, 0.2) is 0 Å². The molecule has 1 aromatic carbocycles. The van der Waals surface area contributed by atoms with Crippen LogP contribution in [0.1, 0.15) is 15.9 Å². The molecule has 0 radical (unpaired) electrons. The smallest absolute Gasteiger partial charge is 0.337 e. The Morgan fingerprint density at radius 1 is 1.20 bits per heavy atom. The van der Waals surface area contributed by atoms with Gasteiger partial charge in [-0.1, -0.05) is 37.3 Å². The predicted octanol–water partition coefficient (Wildman–Crippen LogP) is 2.89. The Balaban J connectivity index is 2.77. The van der Waals surface area contributed by atoms with Crippen molar-refractivity contribution < 1.29 is 9.53 Å². The second-order valence-electron chi connectivity index (χ2n) is 4.93. The highest BCUT2D eigenvalue weighted by molar-refractivity contribution is 6.75. The van der Waals surface area contributed by atoms with Crippen molar-refractivity contribution in [3.63, 3.8) is 0 Å². The Bertz CT molecular complexity index is 336. The first-order valence-corrected chi connectivity index (χ1v) is 8.80. The normalized spacial score (nSPS) is 11.2. The van der Waals surface area contributed by atoms with Gasteiger partial charge in [0.1, 0.15) is 0 Å². The SMILES string of the molecule is COC(=O)c1ccc(C[Si](C)(C)C)cc1. The average molecular weight is 222 g/mol. The van der Waals surface area contributed by atoms with Gasteiger partial charge < -0.3 is 4.74 Å². The average Bonchev–Trinajstić information content (AvgIpc) is 2.15. The summed E-state index contributed by atoms with van der Waals surface area (Å²) in [5.74, 6) is -0.269. The van der Waals surface area contributed by atoms with Crippen molar-refractivity contribution in [1.82, 2.24) is 0 Å². The van der Waals surface area contributed by atoms with Crippen molar-refractivity contribution in [3.8, 4) is 0 Å². The molecular formula is C12H18O2Si. The standard InChI is InChI=1S/C12H18O2Si/c1-14-12(13)11-7-5-10(6-8-11)9-15(2,3)4/h5-8H,9H2,1-4H3. The van der Waals surface area contributed by atoms with E-state index in [1.807, 2.05) is 24.3 Å². The van der Waals surface area contributed by atoms with E-state index in [9.17, 15) is 4.79 Å². The van der Waals surface area contributed by atoms with Crippen molar-refractivity contribution >= 4 is 14.0 Å². The molecule has 15 heavy (non-hydrogen) atoms. The summed E-state index contributed by atoms with van der Waals surface area (Å²) < 4.78 is 4.65. The van der Waals surface area contributed by atoms with E-state index in [1.165, 1.54) is 12.7 Å². The second-order valence-corrected chi connectivity index (χ2v) is 10.4. The fourth-order valence-corrected chi connectivity index (χ4v) is 2.95. The lowest BCUT2D eigenvalue weighted by Gasteiger charge is -2.15. The fraction of sp³-hybridized carbons (Fsp3) is 0.417. The van der Waals surface area contributed by atoms with Crippen LogP contribution in [0.3, 0.4) is 0 Å². The molecule has 1 aromatic rings. The first-order valence-electron chi connectivity index (χ1n) is 5.09. The van der Waals surface area contributed by atoms with Crippen LogP contribution in [0.15, 0.2) is 24.3 Å². The molecule has 0 aromatic heterocycles. The minimum absolute atomic E-state index is 0.269. The van der Waals surface area contributed by atoms with Crippen LogP contribution in [-0.2, 0) is 10.8 Å². The summed E-state index contributed by atoms with van der Waals surface area (Å²) >= 11 is 0. The van der Waals surface area contributed by atoms with E-state index >= 15 is 0 Å². The molecule has 3 heteroatoms. The van der Waals surface area contributed by atoms with Gasteiger partial charge in [0, 0.05) is 8.07 Å². The van der Waals surface area contributed by atoms with Gasteiger partial charge in [0.2, 0.25) is 0 Å². The number of hydrogen-bond acceptors (Lipinski definition) is 2. The van der Waals surface area contributed by atoms with Gasteiger partial charge in [-0.25, -0.2) is 4.79 Å². The summed E-state index contributed by atoms with van der Waals surface area (Å²) in [5, 5.41) is 0. The van der Waals surface area contributed by atoms with Gasteiger partial charge in [-0.2, -0.15) is 0 Å². The lowest BCUT2D eigenvalue weighted by atomic mass is 10.1. The van der Waals surface area contributed by atoms with Gasteiger partial charge in [0.25, 0.3) is 0 Å². The molecule has 0 heterocycles. The largest absolute Gasteiger partial charge is 0.465 e. The fourth-order valence-electron chi connectivity index (χ4n) is 1.49. The highest BCUT2D eigenvalue weighted by atomic mass is 28.3. The molecule has 0 spiro atoms. The van der Waals surface area contributed by atoms with Crippen molar-refractivity contribution in [2.45, 2.75) is 25.7 Å². The molecule has 0 bridgehead atoms. The summed E-state index contributed by atoms with van der Waals surface area (Å²) in [6.45, 7) is 7.00. The Labute approximate surface area is 92.3 Å². The van der Waals surface area contributed by atoms with Crippen LogP contribution in [0, 0.1) is 0 Å². The molecule has 82 valence electrons. The molecule has 0 aliphatic heterocycles. The molecule has 2 nitrogen and oxygen atoms in total. The Morgan fingerprint density at radius 3 is 2.13 bits per heavy atom. The monoisotopic (exact) mass is 222 g/mol. The Hall–Kier alpha value is -1.09. The topological polar surface area (TPSA) is 26.3 Å². The number of hydrogen-bond donors (Lipinski definition) is 0. The van der Waals surface area contributed by atoms with Gasteiger partial charge in [-0.15, -0.1) is 0 Å². The van der Waals surface area contributed by atoms with Crippen LogP contribution in [0.4, 0.5) is 0 Å². The lowest BCUT2D eigenvalue weighted by molar-refractivity contribution is 0.0601. The molecular weight excluding hydrogens is 204 g/mol. The summed E-state index contributed by atoms with van der Waals surface area (Å²) in [6.07, 6.45) is 0. The molecule has 0 atom stereocenters. The number of ether oxygens (including phenoxy) is 1. The number of methoxy groups -OCH3 is 1. The van der Waals surface area contributed by atoms with E-state index in [-0.39, 0.29) is 5.97 Å². The molecule has 0 amide bonds.